The first-order valence-electron chi connectivity index (χ1n) is 6.64. The molecular weight excluding hydrogens is 320 g/mol. The normalized spacial score (nSPS) is 10.8. The molecule has 3 N–H and O–H groups in total. The Hall–Kier alpha value is -2.94. The van der Waals surface area contributed by atoms with E-state index in [4.69, 9.17) is 10.2 Å². The largest absolute Gasteiger partial charge is 0.420 e. The van der Waals surface area contributed by atoms with Gasteiger partial charge in [-0.15, -0.1) is 11.3 Å². The standard InChI is InChI=1S/C14H12N4O4S/c15-11(19)5-8-7-23-13(16-8)17-12(20)6-18-9-3-1-2-4-10(9)22-14(18)21/h1-4,7H,5-6H2,(H2,15,19)(H,16,17,20). The molecule has 9 heteroatoms. The van der Waals surface area contributed by atoms with E-state index >= 15 is 0 Å². The van der Waals surface area contributed by atoms with Crippen LogP contribution in [0, 0.1) is 0 Å². The lowest BCUT2D eigenvalue weighted by Crippen LogP contribution is -2.24. The fourth-order valence-corrected chi connectivity index (χ4v) is 2.82. The molecule has 0 aliphatic heterocycles. The summed E-state index contributed by atoms with van der Waals surface area (Å²) in [6, 6.07) is 6.85. The third-order valence-corrected chi connectivity index (χ3v) is 3.84. The molecule has 0 saturated heterocycles. The molecule has 2 heterocycles. The van der Waals surface area contributed by atoms with Crippen molar-refractivity contribution in [3.63, 3.8) is 0 Å². The molecule has 2 amide bonds. The van der Waals surface area contributed by atoms with Gasteiger partial charge in [-0.2, -0.15) is 0 Å². The highest BCUT2D eigenvalue weighted by atomic mass is 32.1. The number of amides is 2. The summed E-state index contributed by atoms with van der Waals surface area (Å²) in [5, 5.41) is 4.56. The smallest absolute Gasteiger partial charge is 0.408 e. The van der Waals surface area contributed by atoms with Crippen molar-refractivity contribution in [3.8, 4) is 0 Å². The zero-order valence-corrected chi connectivity index (χ0v) is 12.6. The number of para-hydroxylation sites is 2. The number of carbonyl (C=O) groups excluding carboxylic acids is 2. The molecule has 23 heavy (non-hydrogen) atoms. The van der Waals surface area contributed by atoms with Crippen molar-refractivity contribution in [1.29, 1.82) is 0 Å². The molecule has 0 fully saturated rings. The van der Waals surface area contributed by atoms with Crippen LogP contribution in [0.25, 0.3) is 11.1 Å². The molecule has 0 aliphatic carbocycles. The molecule has 0 saturated carbocycles. The Morgan fingerprint density at radius 3 is 2.91 bits per heavy atom. The SMILES string of the molecule is NC(=O)Cc1csc(NC(=O)Cn2c(=O)oc3ccccc32)n1. The summed E-state index contributed by atoms with van der Waals surface area (Å²) >= 11 is 1.18. The fourth-order valence-electron chi connectivity index (χ4n) is 2.09. The number of nitrogens with two attached hydrogens (primary N) is 1. The number of nitrogens with one attached hydrogen (secondary N) is 1. The second-order valence-corrected chi connectivity index (χ2v) is 5.62. The predicted molar refractivity (Wildman–Crippen MR) is 84.1 cm³/mol. The Morgan fingerprint density at radius 1 is 1.35 bits per heavy atom. The van der Waals surface area contributed by atoms with Crippen LogP contribution in [0.4, 0.5) is 5.13 Å². The Bertz CT molecular complexity index is 940. The number of benzene rings is 1. The maximum atomic E-state index is 12.1. The van der Waals surface area contributed by atoms with Gasteiger partial charge < -0.3 is 15.5 Å². The molecule has 0 spiro atoms. The molecule has 0 bridgehead atoms. The molecule has 8 nitrogen and oxygen atoms in total. The van der Waals surface area contributed by atoms with Gasteiger partial charge in [-0.05, 0) is 12.1 Å². The highest BCUT2D eigenvalue weighted by molar-refractivity contribution is 7.13. The highest BCUT2D eigenvalue weighted by Gasteiger charge is 2.14. The lowest BCUT2D eigenvalue weighted by Gasteiger charge is -2.02. The summed E-state index contributed by atoms with van der Waals surface area (Å²) in [6.07, 6.45) is 0.0121. The minimum Gasteiger partial charge on any atom is -0.408 e. The Balaban J connectivity index is 1.74. The van der Waals surface area contributed by atoms with Crippen LogP contribution in [0.1, 0.15) is 5.69 Å². The van der Waals surface area contributed by atoms with Crippen molar-refractivity contribution < 1.29 is 14.0 Å². The number of hydrogen-bond acceptors (Lipinski definition) is 6. The molecule has 0 atom stereocenters. The first kappa shape index (κ1) is 15.0. The minimum absolute atomic E-state index is 0.0121. The van der Waals surface area contributed by atoms with Crippen molar-refractivity contribution in [2.75, 3.05) is 5.32 Å². The monoisotopic (exact) mass is 332 g/mol. The maximum absolute atomic E-state index is 12.1. The van der Waals surface area contributed by atoms with Gasteiger partial charge in [-0.1, -0.05) is 12.1 Å². The number of hydrogen-bond donors (Lipinski definition) is 2. The summed E-state index contributed by atoms with van der Waals surface area (Å²) in [5.74, 6) is -1.52. The van der Waals surface area contributed by atoms with Crippen LogP contribution in [0.2, 0.25) is 0 Å². The Labute approximate surface area is 133 Å². The average Bonchev–Trinajstić information content (AvgIpc) is 3.03. The van der Waals surface area contributed by atoms with E-state index in [1.165, 1.54) is 15.9 Å². The average molecular weight is 332 g/mol. The molecule has 1 aromatic carbocycles. The van der Waals surface area contributed by atoms with Gasteiger partial charge in [0.2, 0.25) is 11.8 Å². The van der Waals surface area contributed by atoms with Crippen molar-refractivity contribution >= 4 is 39.4 Å². The van der Waals surface area contributed by atoms with Gasteiger partial charge in [-0.3, -0.25) is 14.2 Å². The van der Waals surface area contributed by atoms with Gasteiger partial charge in [0, 0.05) is 5.38 Å². The van der Waals surface area contributed by atoms with Crippen molar-refractivity contribution in [2.45, 2.75) is 13.0 Å². The van der Waals surface area contributed by atoms with Crippen molar-refractivity contribution in [1.82, 2.24) is 9.55 Å². The van der Waals surface area contributed by atoms with E-state index in [2.05, 4.69) is 10.3 Å². The van der Waals surface area contributed by atoms with Crippen molar-refractivity contribution in [2.24, 2.45) is 5.73 Å². The highest BCUT2D eigenvalue weighted by Crippen LogP contribution is 2.16. The number of fused-ring (bicyclic) bond motifs is 1. The predicted octanol–water partition coefficient (Wildman–Crippen LogP) is 0.717. The maximum Gasteiger partial charge on any atom is 0.420 e. The quantitative estimate of drug-likeness (QED) is 0.713. The van der Waals surface area contributed by atoms with Crippen LogP contribution in [0.15, 0.2) is 38.9 Å². The second kappa shape index (κ2) is 6.05. The summed E-state index contributed by atoms with van der Waals surface area (Å²) in [4.78, 5) is 38.8. The van der Waals surface area contributed by atoms with Gasteiger partial charge in [0.05, 0.1) is 17.6 Å². The lowest BCUT2D eigenvalue weighted by molar-refractivity contribution is -0.117. The van der Waals surface area contributed by atoms with E-state index in [1.54, 1.807) is 29.6 Å². The van der Waals surface area contributed by atoms with Crippen LogP contribution < -0.4 is 16.8 Å². The number of aromatic nitrogens is 2. The van der Waals surface area contributed by atoms with Gasteiger partial charge in [-0.25, -0.2) is 9.78 Å². The van der Waals surface area contributed by atoms with Crippen LogP contribution in [0.3, 0.4) is 0 Å². The summed E-state index contributed by atoms with van der Waals surface area (Å²) < 4.78 is 6.30. The van der Waals surface area contributed by atoms with Crippen molar-refractivity contribution in [3.05, 3.63) is 45.9 Å². The van der Waals surface area contributed by atoms with E-state index in [0.717, 1.165) is 0 Å². The summed E-state index contributed by atoms with van der Waals surface area (Å²) in [5.41, 5.74) is 6.54. The zero-order valence-electron chi connectivity index (χ0n) is 11.8. The summed E-state index contributed by atoms with van der Waals surface area (Å²) in [7, 11) is 0. The number of anilines is 1. The number of thiazole rings is 1. The first-order valence-corrected chi connectivity index (χ1v) is 7.52. The first-order chi connectivity index (χ1) is 11.0. The second-order valence-electron chi connectivity index (χ2n) is 4.76. The molecule has 0 unspecified atom stereocenters. The Morgan fingerprint density at radius 2 is 2.13 bits per heavy atom. The minimum atomic E-state index is -0.602. The number of primary amides is 1. The molecule has 2 aromatic heterocycles. The number of nitrogens with zero attached hydrogens (tertiary/aromatic N) is 2. The van der Waals surface area contributed by atoms with E-state index in [9.17, 15) is 14.4 Å². The van der Waals surface area contributed by atoms with E-state index in [0.29, 0.717) is 21.9 Å². The van der Waals surface area contributed by atoms with Crippen LogP contribution in [-0.2, 0) is 22.6 Å². The Kier molecular flexibility index (Phi) is 3.94. The topological polar surface area (TPSA) is 120 Å². The van der Waals surface area contributed by atoms with Gasteiger partial charge in [0.15, 0.2) is 10.7 Å². The fraction of sp³-hybridized carbons (Fsp3) is 0.143. The van der Waals surface area contributed by atoms with Crippen LogP contribution in [0.5, 0.6) is 0 Å². The van der Waals surface area contributed by atoms with E-state index in [1.807, 2.05) is 0 Å². The van der Waals surface area contributed by atoms with Gasteiger partial charge >= 0.3 is 5.76 Å². The summed E-state index contributed by atoms with van der Waals surface area (Å²) in [6.45, 7) is -0.194. The van der Waals surface area contributed by atoms with E-state index in [-0.39, 0.29) is 13.0 Å². The number of oxazole rings is 1. The zero-order chi connectivity index (χ0) is 16.4. The number of rotatable bonds is 5. The molecular formula is C14H12N4O4S. The number of carbonyl (C=O) groups is 2. The van der Waals surface area contributed by atoms with Gasteiger partial charge in [0.1, 0.15) is 6.54 Å². The van der Waals surface area contributed by atoms with E-state index < -0.39 is 17.6 Å². The van der Waals surface area contributed by atoms with Crippen LogP contribution in [-0.4, -0.2) is 21.4 Å². The molecule has 3 aromatic rings. The van der Waals surface area contributed by atoms with Crippen LogP contribution >= 0.6 is 11.3 Å². The molecule has 3 rings (SSSR count). The molecule has 118 valence electrons. The molecule has 0 aliphatic rings. The van der Waals surface area contributed by atoms with Gasteiger partial charge in [0.25, 0.3) is 0 Å². The molecule has 0 radical (unpaired) electrons. The lowest BCUT2D eigenvalue weighted by atomic mass is 10.3. The third-order valence-electron chi connectivity index (χ3n) is 3.03. The third kappa shape index (κ3) is 3.29.